The number of methoxy groups -OCH3 is 1. The van der Waals surface area contributed by atoms with Crippen LogP contribution in [0.15, 0.2) is 30.3 Å². The average Bonchev–Trinajstić information content (AvgIpc) is 2.39. The standard InChI is InChI=1S/C14H20N2O3/c1-10(2)16-12(17)9-15-13(14(18)19-3)11-7-5-4-6-8-11/h4-8,10,13,15H,9H2,1-3H3,(H,16,17). The van der Waals surface area contributed by atoms with Crippen molar-refractivity contribution in [2.75, 3.05) is 13.7 Å². The van der Waals surface area contributed by atoms with Crippen LogP contribution < -0.4 is 10.6 Å². The minimum Gasteiger partial charge on any atom is -0.468 e. The lowest BCUT2D eigenvalue weighted by Gasteiger charge is -2.17. The number of hydrogen-bond donors (Lipinski definition) is 2. The molecule has 0 aromatic heterocycles. The molecule has 1 aromatic rings. The number of carbonyl (C=O) groups is 2. The van der Waals surface area contributed by atoms with Crippen LogP contribution in [0.3, 0.4) is 0 Å². The first kappa shape index (κ1) is 15.2. The van der Waals surface area contributed by atoms with Crippen molar-refractivity contribution < 1.29 is 14.3 Å². The van der Waals surface area contributed by atoms with Gasteiger partial charge in [0, 0.05) is 6.04 Å². The van der Waals surface area contributed by atoms with Gasteiger partial charge in [-0.05, 0) is 19.4 Å². The molecule has 1 rings (SSSR count). The maximum atomic E-state index is 11.7. The van der Waals surface area contributed by atoms with Crippen LogP contribution in [0, 0.1) is 0 Å². The normalized spacial score (nSPS) is 12.0. The number of nitrogens with one attached hydrogen (secondary N) is 2. The molecule has 2 N–H and O–H groups in total. The molecular weight excluding hydrogens is 244 g/mol. The van der Waals surface area contributed by atoms with Gasteiger partial charge in [0.2, 0.25) is 5.91 Å². The molecule has 5 nitrogen and oxygen atoms in total. The second-order valence-electron chi connectivity index (χ2n) is 4.47. The van der Waals surface area contributed by atoms with E-state index in [4.69, 9.17) is 4.74 Å². The van der Waals surface area contributed by atoms with Gasteiger partial charge in [-0.25, -0.2) is 4.79 Å². The summed E-state index contributed by atoms with van der Waals surface area (Å²) in [6.45, 7) is 3.83. The fraction of sp³-hybridized carbons (Fsp3) is 0.429. The summed E-state index contributed by atoms with van der Waals surface area (Å²) >= 11 is 0. The van der Waals surface area contributed by atoms with Gasteiger partial charge < -0.3 is 10.1 Å². The Hall–Kier alpha value is -1.88. The molecule has 0 spiro atoms. The van der Waals surface area contributed by atoms with Crippen LogP contribution in [0.25, 0.3) is 0 Å². The van der Waals surface area contributed by atoms with Gasteiger partial charge in [-0.1, -0.05) is 30.3 Å². The molecule has 19 heavy (non-hydrogen) atoms. The van der Waals surface area contributed by atoms with Gasteiger partial charge in [0.05, 0.1) is 13.7 Å². The summed E-state index contributed by atoms with van der Waals surface area (Å²) in [5.74, 6) is -0.566. The van der Waals surface area contributed by atoms with E-state index in [1.165, 1.54) is 7.11 Å². The lowest BCUT2D eigenvalue weighted by Crippen LogP contribution is -2.41. The Kier molecular flexibility index (Phi) is 6.02. The Morgan fingerprint density at radius 1 is 1.21 bits per heavy atom. The largest absolute Gasteiger partial charge is 0.468 e. The Balaban J connectivity index is 2.67. The Labute approximate surface area is 113 Å². The number of benzene rings is 1. The average molecular weight is 264 g/mol. The fourth-order valence-electron chi connectivity index (χ4n) is 1.67. The van der Waals surface area contributed by atoms with Crippen LogP contribution in [0.1, 0.15) is 25.5 Å². The van der Waals surface area contributed by atoms with E-state index >= 15 is 0 Å². The zero-order valence-electron chi connectivity index (χ0n) is 11.5. The summed E-state index contributed by atoms with van der Waals surface area (Å²) in [7, 11) is 1.33. The maximum absolute atomic E-state index is 11.7. The van der Waals surface area contributed by atoms with Crippen molar-refractivity contribution >= 4 is 11.9 Å². The van der Waals surface area contributed by atoms with E-state index < -0.39 is 12.0 Å². The minimum absolute atomic E-state index is 0.0623. The number of carbonyl (C=O) groups excluding carboxylic acids is 2. The zero-order valence-corrected chi connectivity index (χ0v) is 11.5. The molecule has 1 aromatic carbocycles. The number of rotatable bonds is 6. The van der Waals surface area contributed by atoms with E-state index in [2.05, 4.69) is 10.6 Å². The molecule has 0 saturated carbocycles. The first-order chi connectivity index (χ1) is 9.04. The highest BCUT2D eigenvalue weighted by atomic mass is 16.5. The van der Waals surface area contributed by atoms with E-state index in [9.17, 15) is 9.59 Å². The van der Waals surface area contributed by atoms with Crippen LogP contribution in [0.5, 0.6) is 0 Å². The summed E-state index contributed by atoms with van der Waals surface area (Å²) < 4.78 is 4.75. The predicted octanol–water partition coefficient (Wildman–Crippen LogP) is 1.01. The Bertz CT molecular complexity index is 418. The summed E-state index contributed by atoms with van der Waals surface area (Å²) in [5.41, 5.74) is 0.770. The van der Waals surface area contributed by atoms with Crippen molar-refractivity contribution in [2.24, 2.45) is 0 Å². The van der Waals surface area contributed by atoms with Crippen LogP contribution >= 0.6 is 0 Å². The number of hydrogen-bond acceptors (Lipinski definition) is 4. The Morgan fingerprint density at radius 2 is 1.84 bits per heavy atom. The van der Waals surface area contributed by atoms with Gasteiger partial charge in [0.15, 0.2) is 0 Å². The van der Waals surface area contributed by atoms with E-state index in [-0.39, 0.29) is 18.5 Å². The van der Waals surface area contributed by atoms with Crippen LogP contribution in [-0.4, -0.2) is 31.6 Å². The van der Waals surface area contributed by atoms with E-state index in [1.54, 1.807) is 0 Å². The molecule has 0 heterocycles. The van der Waals surface area contributed by atoms with Crippen molar-refractivity contribution in [2.45, 2.75) is 25.9 Å². The van der Waals surface area contributed by atoms with Crippen molar-refractivity contribution in [3.8, 4) is 0 Å². The number of esters is 1. The number of amides is 1. The third-order valence-electron chi connectivity index (χ3n) is 2.49. The van der Waals surface area contributed by atoms with Crippen LogP contribution in [0.2, 0.25) is 0 Å². The van der Waals surface area contributed by atoms with Gasteiger partial charge in [-0.2, -0.15) is 0 Å². The maximum Gasteiger partial charge on any atom is 0.327 e. The topological polar surface area (TPSA) is 67.4 Å². The van der Waals surface area contributed by atoms with Gasteiger partial charge in [-0.15, -0.1) is 0 Å². The smallest absolute Gasteiger partial charge is 0.327 e. The zero-order chi connectivity index (χ0) is 14.3. The third-order valence-corrected chi connectivity index (χ3v) is 2.49. The molecule has 0 saturated heterocycles. The van der Waals surface area contributed by atoms with Crippen molar-refractivity contribution in [3.05, 3.63) is 35.9 Å². The summed E-state index contributed by atoms with van der Waals surface area (Å²) in [5, 5.41) is 5.66. The predicted molar refractivity (Wildman–Crippen MR) is 72.5 cm³/mol. The molecule has 0 radical (unpaired) electrons. The molecule has 1 amide bonds. The second kappa shape index (κ2) is 7.53. The molecule has 1 atom stereocenters. The third kappa shape index (κ3) is 5.09. The van der Waals surface area contributed by atoms with Gasteiger partial charge in [-0.3, -0.25) is 10.1 Å². The van der Waals surface area contributed by atoms with E-state index in [1.807, 2.05) is 44.2 Å². The highest BCUT2D eigenvalue weighted by Crippen LogP contribution is 2.13. The summed E-state index contributed by atoms with van der Waals surface area (Å²) in [6, 6.07) is 8.60. The number of ether oxygens (including phenoxy) is 1. The SMILES string of the molecule is COC(=O)C(NCC(=O)NC(C)C)c1ccccc1. The summed E-state index contributed by atoms with van der Waals surface area (Å²) in [4.78, 5) is 23.3. The van der Waals surface area contributed by atoms with Gasteiger partial charge in [0.1, 0.15) is 6.04 Å². The van der Waals surface area contributed by atoms with Crippen LogP contribution in [0.4, 0.5) is 0 Å². The monoisotopic (exact) mass is 264 g/mol. The summed E-state index contributed by atoms with van der Waals surface area (Å²) in [6.07, 6.45) is 0. The van der Waals surface area contributed by atoms with Crippen molar-refractivity contribution in [3.63, 3.8) is 0 Å². The molecule has 1 unspecified atom stereocenters. The van der Waals surface area contributed by atoms with Crippen molar-refractivity contribution in [1.29, 1.82) is 0 Å². The molecule has 0 aliphatic rings. The quantitative estimate of drug-likeness (QED) is 0.753. The van der Waals surface area contributed by atoms with Gasteiger partial charge >= 0.3 is 5.97 Å². The molecule has 0 bridgehead atoms. The first-order valence-corrected chi connectivity index (χ1v) is 6.20. The van der Waals surface area contributed by atoms with Crippen LogP contribution in [-0.2, 0) is 14.3 Å². The minimum atomic E-state index is -0.635. The highest BCUT2D eigenvalue weighted by Gasteiger charge is 2.21. The molecule has 0 aliphatic carbocycles. The first-order valence-electron chi connectivity index (χ1n) is 6.20. The lowest BCUT2D eigenvalue weighted by molar-refractivity contribution is -0.143. The molecule has 104 valence electrons. The highest BCUT2D eigenvalue weighted by molar-refractivity contribution is 5.81. The molecule has 5 heteroatoms. The molecule has 0 aliphatic heterocycles. The van der Waals surface area contributed by atoms with E-state index in [0.717, 1.165) is 5.56 Å². The lowest BCUT2D eigenvalue weighted by atomic mass is 10.1. The van der Waals surface area contributed by atoms with Crippen molar-refractivity contribution in [1.82, 2.24) is 10.6 Å². The van der Waals surface area contributed by atoms with E-state index in [0.29, 0.717) is 0 Å². The second-order valence-corrected chi connectivity index (χ2v) is 4.47. The fourth-order valence-corrected chi connectivity index (χ4v) is 1.67. The molecule has 0 fully saturated rings. The Morgan fingerprint density at radius 3 is 2.37 bits per heavy atom. The van der Waals surface area contributed by atoms with Gasteiger partial charge in [0.25, 0.3) is 0 Å². The molecular formula is C14H20N2O3.